The second-order valence-electron chi connectivity index (χ2n) is 4.60. The van der Waals surface area contributed by atoms with Gasteiger partial charge >= 0.3 is 5.97 Å². The third-order valence-corrected chi connectivity index (χ3v) is 3.06. The number of rotatable bonds is 5. The van der Waals surface area contributed by atoms with Crippen LogP contribution in [0.15, 0.2) is 6.20 Å². The van der Waals surface area contributed by atoms with Crippen LogP contribution in [0.3, 0.4) is 0 Å². The zero-order valence-corrected chi connectivity index (χ0v) is 11.3. The van der Waals surface area contributed by atoms with Crippen LogP contribution in [0.4, 0.5) is 0 Å². The monoisotopic (exact) mass is 252 g/mol. The summed E-state index contributed by atoms with van der Waals surface area (Å²) in [4.78, 5) is 23.0. The molecule has 0 fully saturated rings. The number of hydrogen-bond donors (Lipinski definition) is 2. The summed E-state index contributed by atoms with van der Waals surface area (Å²) in [6, 6.07) is 0.104. The molecule has 18 heavy (non-hydrogen) atoms. The summed E-state index contributed by atoms with van der Waals surface area (Å²) in [5, 5.41) is 12.0. The summed E-state index contributed by atoms with van der Waals surface area (Å²) in [5.74, 6) is -1.13. The van der Waals surface area contributed by atoms with Gasteiger partial charge in [-0.1, -0.05) is 6.92 Å². The van der Waals surface area contributed by atoms with E-state index in [0.29, 0.717) is 11.3 Å². The molecule has 0 aliphatic heterocycles. The average Bonchev–Trinajstić information content (AvgIpc) is 2.53. The second kappa shape index (κ2) is 5.71. The lowest BCUT2D eigenvalue weighted by molar-refractivity contribution is -0.121. The number of aromatic nitrogens is 1. The summed E-state index contributed by atoms with van der Waals surface area (Å²) in [7, 11) is 1.76. The third kappa shape index (κ3) is 3.12. The number of hydrogen-bond acceptors (Lipinski definition) is 2. The van der Waals surface area contributed by atoms with E-state index in [0.717, 1.165) is 6.42 Å². The Morgan fingerprint density at radius 3 is 2.61 bits per heavy atom. The van der Waals surface area contributed by atoms with Crippen LogP contribution in [0, 0.1) is 6.92 Å². The minimum Gasteiger partial charge on any atom is -0.478 e. The van der Waals surface area contributed by atoms with Crippen LogP contribution in [-0.2, 0) is 18.3 Å². The molecule has 1 amide bonds. The van der Waals surface area contributed by atoms with Crippen molar-refractivity contribution in [1.82, 2.24) is 9.88 Å². The molecule has 0 aromatic carbocycles. The fourth-order valence-corrected chi connectivity index (χ4v) is 1.92. The first-order valence-electron chi connectivity index (χ1n) is 6.04. The summed E-state index contributed by atoms with van der Waals surface area (Å²) in [6.07, 6.45) is 2.68. The molecule has 1 rings (SSSR count). The minimum absolute atomic E-state index is 0.0936. The van der Waals surface area contributed by atoms with E-state index in [9.17, 15) is 9.59 Å². The van der Waals surface area contributed by atoms with E-state index in [1.807, 2.05) is 13.8 Å². The van der Waals surface area contributed by atoms with Gasteiger partial charge in [-0.15, -0.1) is 0 Å². The normalized spacial score (nSPS) is 12.2. The number of amides is 1. The van der Waals surface area contributed by atoms with E-state index in [1.165, 1.54) is 0 Å². The van der Waals surface area contributed by atoms with Crippen molar-refractivity contribution in [2.75, 3.05) is 0 Å². The maximum atomic E-state index is 11.8. The average molecular weight is 252 g/mol. The maximum absolute atomic E-state index is 11.8. The van der Waals surface area contributed by atoms with Crippen molar-refractivity contribution < 1.29 is 14.7 Å². The number of nitrogens with zero attached hydrogens (tertiary/aromatic N) is 1. The SMILES string of the molecule is CC[C@H](C)NC(=O)Cc1c(C(=O)O)c(C)cn1C. The van der Waals surface area contributed by atoms with Gasteiger partial charge in [0.1, 0.15) is 0 Å². The lowest BCUT2D eigenvalue weighted by Gasteiger charge is -2.12. The van der Waals surface area contributed by atoms with Gasteiger partial charge in [0, 0.05) is 25.0 Å². The lowest BCUT2D eigenvalue weighted by Crippen LogP contribution is -2.33. The molecule has 1 aromatic heterocycles. The Kier molecular flexibility index (Phi) is 4.53. The van der Waals surface area contributed by atoms with Gasteiger partial charge in [0.15, 0.2) is 0 Å². The van der Waals surface area contributed by atoms with Crippen LogP contribution in [0.25, 0.3) is 0 Å². The molecule has 1 heterocycles. The van der Waals surface area contributed by atoms with E-state index in [2.05, 4.69) is 5.32 Å². The van der Waals surface area contributed by atoms with E-state index < -0.39 is 5.97 Å². The van der Waals surface area contributed by atoms with Gasteiger partial charge < -0.3 is 15.0 Å². The first-order chi connectivity index (χ1) is 8.36. The topological polar surface area (TPSA) is 71.3 Å². The van der Waals surface area contributed by atoms with Crippen molar-refractivity contribution in [2.45, 2.75) is 39.7 Å². The Morgan fingerprint density at radius 2 is 2.11 bits per heavy atom. The van der Waals surface area contributed by atoms with Crippen LogP contribution in [0.1, 0.15) is 41.9 Å². The highest BCUT2D eigenvalue weighted by Gasteiger charge is 2.20. The Hall–Kier alpha value is -1.78. The molecule has 0 saturated heterocycles. The summed E-state index contributed by atoms with van der Waals surface area (Å²) < 4.78 is 1.70. The molecule has 1 aromatic rings. The first-order valence-corrected chi connectivity index (χ1v) is 6.04. The highest BCUT2D eigenvalue weighted by molar-refractivity contribution is 5.93. The molecule has 1 atom stereocenters. The molecule has 100 valence electrons. The largest absolute Gasteiger partial charge is 0.478 e. The number of nitrogens with one attached hydrogen (secondary N) is 1. The quantitative estimate of drug-likeness (QED) is 0.834. The number of aromatic carboxylic acids is 1. The fraction of sp³-hybridized carbons (Fsp3) is 0.538. The predicted molar refractivity (Wildman–Crippen MR) is 68.7 cm³/mol. The van der Waals surface area contributed by atoms with Crippen LogP contribution in [0.5, 0.6) is 0 Å². The Balaban J connectivity index is 2.90. The fourth-order valence-electron chi connectivity index (χ4n) is 1.92. The molecule has 0 spiro atoms. The number of aryl methyl sites for hydroxylation is 2. The molecular weight excluding hydrogens is 232 g/mol. The van der Waals surface area contributed by atoms with Gasteiger partial charge in [0.25, 0.3) is 0 Å². The molecule has 0 saturated carbocycles. The second-order valence-corrected chi connectivity index (χ2v) is 4.60. The van der Waals surface area contributed by atoms with Crippen LogP contribution < -0.4 is 5.32 Å². The molecule has 5 heteroatoms. The van der Waals surface area contributed by atoms with Crippen LogP contribution in [-0.4, -0.2) is 27.6 Å². The van der Waals surface area contributed by atoms with Crippen LogP contribution in [0.2, 0.25) is 0 Å². The van der Waals surface area contributed by atoms with E-state index in [4.69, 9.17) is 5.11 Å². The molecule has 2 N–H and O–H groups in total. The third-order valence-electron chi connectivity index (χ3n) is 3.06. The number of carboxylic acids is 1. The summed E-state index contributed by atoms with van der Waals surface area (Å²) >= 11 is 0. The smallest absolute Gasteiger partial charge is 0.337 e. The van der Waals surface area contributed by atoms with Gasteiger partial charge in [0.2, 0.25) is 5.91 Å². The van der Waals surface area contributed by atoms with Crippen molar-refractivity contribution in [1.29, 1.82) is 0 Å². The van der Waals surface area contributed by atoms with Crippen molar-refractivity contribution in [3.63, 3.8) is 0 Å². The molecule has 5 nitrogen and oxygen atoms in total. The van der Waals surface area contributed by atoms with E-state index in [-0.39, 0.29) is 23.9 Å². The van der Waals surface area contributed by atoms with Crippen molar-refractivity contribution in [3.05, 3.63) is 23.0 Å². The first kappa shape index (κ1) is 14.3. The minimum atomic E-state index is -0.987. The predicted octanol–water partition coefficient (Wildman–Crippen LogP) is 1.49. The Morgan fingerprint density at radius 1 is 1.50 bits per heavy atom. The molecule has 0 radical (unpaired) electrons. The van der Waals surface area contributed by atoms with E-state index in [1.54, 1.807) is 24.7 Å². The number of carbonyl (C=O) groups is 2. The number of carboxylic acid groups (broad SMARTS) is 1. The lowest BCUT2D eigenvalue weighted by atomic mass is 10.1. The van der Waals surface area contributed by atoms with Gasteiger partial charge in [-0.2, -0.15) is 0 Å². The Labute approximate surface area is 107 Å². The highest BCUT2D eigenvalue weighted by atomic mass is 16.4. The molecular formula is C13H20N2O3. The van der Waals surface area contributed by atoms with Gasteiger partial charge in [0.05, 0.1) is 12.0 Å². The Bertz CT molecular complexity index is 463. The molecule has 0 unspecified atom stereocenters. The molecule has 0 aliphatic carbocycles. The molecule has 0 aliphatic rings. The van der Waals surface area contributed by atoms with Gasteiger partial charge in [-0.05, 0) is 25.8 Å². The summed E-state index contributed by atoms with van der Waals surface area (Å²) in [6.45, 7) is 5.64. The van der Waals surface area contributed by atoms with Gasteiger partial charge in [-0.3, -0.25) is 4.79 Å². The summed E-state index contributed by atoms with van der Waals surface area (Å²) in [5.41, 5.74) is 1.45. The standard InChI is InChI=1S/C13H20N2O3/c1-5-9(3)14-11(16)6-10-12(13(17)18)8(2)7-15(10)4/h7,9H,5-6H2,1-4H3,(H,14,16)(H,17,18)/t9-/m0/s1. The van der Waals surface area contributed by atoms with E-state index >= 15 is 0 Å². The number of carbonyl (C=O) groups excluding carboxylic acids is 1. The molecule has 0 bridgehead atoms. The van der Waals surface area contributed by atoms with Crippen molar-refractivity contribution in [3.8, 4) is 0 Å². The zero-order valence-electron chi connectivity index (χ0n) is 11.3. The maximum Gasteiger partial charge on any atom is 0.337 e. The highest BCUT2D eigenvalue weighted by Crippen LogP contribution is 2.16. The van der Waals surface area contributed by atoms with Crippen LogP contribution >= 0.6 is 0 Å². The zero-order chi connectivity index (χ0) is 13.9. The van der Waals surface area contributed by atoms with Crippen molar-refractivity contribution in [2.24, 2.45) is 7.05 Å². The van der Waals surface area contributed by atoms with Crippen molar-refractivity contribution >= 4 is 11.9 Å². The van der Waals surface area contributed by atoms with Gasteiger partial charge in [-0.25, -0.2) is 4.79 Å².